The van der Waals surface area contributed by atoms with Gasteiger partial charge in [0.2, 0.25) is 5.91 Å². The number of carbonyl (C=O) groups excluding carboxylic acids is 1. The molecule has 0 N–H and O–H groups in total. The molecule has 0 spiro atoms. The van der Waals surface area contributed by atoms with Crippen molar-refractivity contribution in [2.24, 2.45) is 0 Å². The largest absolute Gasteiger partial charge is 0.373 e. The molecule has 9 heteroatoms. The molecule has 0 unspecified atom stereocenters. The van der Waals surface area contributed by atoms with Crippen molar-refractivity contribution >= 4 is 5.91 Å². The Morgan fingerprint density at radius 2 is 1.83 bits per heavy atom. The van der Waals surface area contributed by atoms with Gasteiger partial charge < -0.3 is 14.5 Å². The third kappa shape index (κ3) is 6.58. The van der Waals surface area contributed by atoms with Gasteiger partial charge in [-0.25, -0.2) is 4.68 Å². The molecular weight excluding hydrogens is 382 g/mol. The Bertz CT molecular complexity index is 786. The number of ether oxygens (including phenoxy) is 1. The highest BCUT2D eigenvalue weighted by atomic mass is 16.5. The van der Waals surface area contributed by atoms with Crippen LogP contribution in [0.4, 0.5) is 0 Å². The molecule has 2 atom stereocenters. The zero-order valence-corrected chi connectivity index (χ0v) is 18.4. The second kappa shape index (κ2) is 10.6. The average molecular weight is 416 g/mol. The molecule has 1 amide bonds. The molecule has 9 nitrogen and oxygen atoms in total. The van der Waals surface area contributed by atoms with Gasteiger partial charge in [0.1, 0.15) is 6.54 Å². The Morgan fingerprint density at radius 3 is 2.50 bits per heavy atom. The molecule has 1 aromatic carbocycles. The van der Waals surface area contributed by atoms with Crippen molar-refractivity contribution in [2.75, 3.05) is 40.3 Å². The predicted octanol–water partition coefficient (Wildman–Crippen LogP) is 0.873. The molecule has 2 heterocycles. The number of tetrazole rings is 1. The second-order valence-corrected chi connectivity index (χ2v) is 8.31. The van der Waals surface area contributed by atoms with Gasteiger partial charge in [0, 0.05) is 32.7 Å². The van der Waals surface area contributed by atoms with E-state index >= 15 is 0 Å². The fraction of sp³-hybridized carbons (Fsp3) is 0.619. The smallest absolute Gasteiger partial charge is 0.244 e. The summed E-state index contributed by atoms with van der Waals surface area (Å²) >= 11 is 0. The van der Waals surface area contributed by atoms with Gasteiger partial charge in [-0.1, -0.05) is 30.3 Å². The molecule has 0 aliphatic carbocycles. The highest BCUT2D eigenvalue weighted by Crippen LogP contribution is 2.13. The van der Waals surface area contributed by atoms with Gasteiger partial charge >= 0.3 is 0 Å². The van der Waals surface area contributed by atoms with Crippen LogP contribution in [0, 0.1) is 0 Å². The molecule has 1 aliphatic rings. The van der Waals surface area contributed by atoms with Crippen molar-refractivity contribution in [3.05, 3.63) is 41.7 Å². The van der Waals surface area contributed by atoms with Crippen LogP contribution in [-0.4, -0.2) is 93.3 Å². The fourth-order valence-corrected chi connectivity index (χ4v) is 3.72. The quantitative estimate of drug-likeness (QED) is 0.601. The monoisotopic (exact) mass is 415 g/mol. The summed E-state index contributed by atoms with van der Waals surface area (Å²) in [6.07, 6.45) is 0.346. The lowest BCUT2D eigenvalue weighted by Crippen LogP contribution is -2.45. The summed E-state index contributed by atoms with van der Waals surface area (Å²) in [6.45, 7) is 8.56. The third-order valence-corrected chi connectivity index (χ3v) is 5.14. The fourth-order valence-electron chi connectivity index (χ4n) is 3.72. The van der Waals surface area contributed by atoms with E-state index in [1.165, 1.54) is 0 Å². The summed E-state index contributed by atoms with van der Waals surface area (Å²) in [5.74, 6) is 0.717. The lowest BCUT2D eigenvalue weighted by Gasteiger charge is -2.34. The maximum absolute atomic E-state index is 13.1. The topological polar surface area (TPSA) is 79.6 Å². The van der Waals surface area contributed by atoms with Gasteiger partial charge in [-0.05, 0) is 43.9 Å². The van der Waals surface area contributed by atoms with Crippen molar-refractivity contribution in [2.45, 2.75) is 45.7 Å². The van der Waals surface area contributed by atoms with E-state index in [4.69, 9.17) is 4.74 Å². The van der Waals surface area contributed by atoms with Crippen LogP contribution in [0.5, 0.6) is 0 Å². The minimum atomic E-state index is 0.0120. The molecule has 3 rings (SSSR count). The maximum Gasteiger partial charge on any atom is 0.244 e. The number of morpholine rings is 1. The normalized spacial score (nSPS) is 19.9. The molecule has 1 saturated heterocycles. The Balaban J connectivity index is 1.65. The predicted molar refractivity (Wildman–Crippen MR) is 114 cm³/mol. The lowest BCUT2D eigenvalue weighted by molar-refractivity contribution is -0.133. The summed E-state index contributed by atoms with van der Waals surface area (Å²) in [7, 11) is 4.02. The van der Waals surface area contributed by atoms with E-state index in [2.05, 4.69) is 39.2 Å². The molecule has 1 aliphatic heterocycles. The molecule has 30 heavy (non-hydrogen) atoms. The molecular formula is C21H33N7O2. The standard InChI is InChI=1S/C21H33N7O2/c1-17-12-26(13-18(2)30-17)15-20-22-23-24-28(20)16-21(29)27(11-10-25(3)4)14-19-8-6-5-7-9-19/h5-9,17-18H,10-16H2,1-4H3/t17-,18+. The second-order valence-electron chi connectivity index (χ2n) is 8.31. The number of hydrogen-bond donors (Lipinski definition) is 0. The van der Waals surface area contributed by atoms with Gasteiger partial charge in [0.15, 0.2) is 5.82 Å². The van der Waals surface area contributed by atoms with Crippen LogP contribution < -0.4 is 0 Å². The SMILES string of the molecule is C[C@@H]1CN(Cc2nnnn2CC(=O)N(CCN(C)C)Cc2ccccc2)C[C@H](C)O1. The highest BCUT2D eigenvalue weighted by molar-refractivity contribution is 5.76. The lowest BCUT2D eigenvalue weighted by atomic mass is 10.2. The van der Waals surface area contributed by atoms with E-state index in [1.807, 2.05) is 49.3 Å². The van der Waals surface area contributed by atoms with Crippen LogP contribution in [0.1, 0.15) is 25.2 Å². The van der Waals surface area contributed by atoms with Crippen molar-refractivity contribution in [1.29, 1.82) is 0 Å². The Hall–Kier alpha value is -2.36. The minimum absolute atomic E-state index is 0.0120. The number of benzene rings is 1. The van der Waals surface area contributed by atoms with E-state index in [0.29, 0.717) is 25.5 Å². The Kier molecular flexibility index (Phi) is 7.89. The van der Waals surface area contributed by atoms with Crippen molar-refractivity contribution < 1.29 is 9.53 Å². The van der Waals surface area contributed by atoms with Crippen LogP contribution in [-0.2, 0) is 29.2 Å². The summed E-state index contributed by atoms with van der Waals surface area (Å²) in [5.41, 5.74) is 1.11. The maximum atomic E-state index is 13.1. The van der Waals surface area contributed by atoms with Crippen LogP contribution in [0.25, 0.3) is 0 Å². The van der Waals surface area contributed by atoms with E-state index in [0.717, 1.165) is 25.2 Å². The van der Waals surface area contributed by atoms with Gasteiger partial charge in [-0.3, -0.25) is 9.69 Å². The van der Waals surface area contributed by atoms with Crippen molar-refractivity contribution in [3.63, 3.8) is 0 Å². The van der Waals surface area contributed by atoms with Gasteiger partial charge in [0.25, 0.3) is 0 Å². The average Bonchev–Trinajstić information content (AvgIpc) is 3.11. The zero-order chi connectivity index (χ0) is 21.5. The number of hydrogen-bond acceptors (Lipinski definition) is 7. The van der Waals surface area contributed by atoms with Gasteiger partial charge in [0.05, 0.1) is 18.8 Å². The van der Waals surface area contributed by atoms with Crippen LogP contribution in [0.15, 0.2) is 30.3 Å². The van der Waals surface area contributed by atoms with Crippen LogP contribution in [0.3, 0.4) is 0 Å². The molecule has 0 radical (unpaired) electrons. The first-order chi connectivity index (χ1) is 14.4. The summed E-state index contributed by atoms with van der Waals surface area (Å²) in [4.78, 5) is 19.4. The molecule has 1 aromatic heterocycles. The summed E-state index contributed by atoms with van der Waals surface area (Å²) in [6, 6.07) is 10.1. The number of carbonyl (C=O) groups is 1. The third-order valence-electron chi connectivity index (χ3n) is 5.14. The number of rotatable bonds is 9. The van der Waals surface area contributed by atoms with Crippen LogP contribution in [0.2, 0.25) is 0 Å². The van der Waals surface area contributed by atoms with E-state index < -0.39 is 0 Å². The minimum Gasteiger partial charge on any atom is -0.373 e. The van der Waals surface area contributed by atoms with E-state index in [1.54, 1.807) is 4.68 Å². The summed E-state index contributed by atoms with van der Waals surface area (Å²) < 4.78 is 7.43. The molecule has 0 bridgehead atoms. The molecule has 164 valence electrons. The van der Waals surface area contributed by atoms with E-state index in [9.17, 15) is 4.79 Å². The number of amides is 1. The Morgan fingerprint density at radius 1 is 1.13 bits per heavy atom. The first-order valence-corrected chi connectivity index (χ1v) is 10.5. The van der Waals surface area contributed by atoms with Crippen molar-refractivity contribution in [1.82, 2.24) is 34.9 Å². The molecule has 0 saturated carbocycles. The first kappa shape index (κ1) is 22.3. The summed E-state index contributed by atoms with van der Waals surface area (Å²) in [5, 5.41) is 12.1. The van der Waals surface area contributed by atoms with E-state index in [-0.39, 0.29) is 24.7 Å². The Labute approximate surface area is 178 Å². The molecule has 2 aromatic rings. The van der Waals surface area contributed by atoms with Gasteiger partial charge in [-0.15, -0.1) is 5.10 Å². The molecule has 1 fully saturated rings. The van der Waals surface area contributed by atoms with Crippen LogP contribution >= 0.6 is 0 Å². The number of likely N-dealkylation sites (N-methyl/N-ethyl adjacent to an activating group) is 1. The van der Waals surface area contributed by atoms with Crippen molar-refractivity contribution in [3.8, 4) is 0 Å². The number of nitrogens with zero attached hydrogens (tertiary/aromatic N) is 7. The zero-order valence-electron chi connectivity index (χ0n) is 18.4. The van der Waals surface area contributed by atoms with Gasteiger partial charge in [-0.2, -0.15) is 0 Å². The number of aromatic nitrogens is 4. The highest BCUT2D eigenvalue weighted by Gasteiger charge is 2.25. The first-order valence-electron chi connectivity index (χ1n) is 10.5.